The minimum Gasteiger partial charge on any atom is -0.424 e. The average Bonchev–Trinajstić information content (AvgIpc) is 2.34. The Morgan fingerprint density at radius 1 is 1.35 bits per heavy atom. The smallest absolute Gasteiger partial charge is 0.323 e. The number of benzene rings is 1. The molecule has 0 N–H and O–H groups in total. The van der Waals surface area contributed by atoms with Crippen molar-refractivity contribution in [3.05, 3.63) is 47.5 Å². The fourth-order valence-electron chi connectivity index (χ4n) is 1.23. The summed E-state index contributed by atoms with van der Waals surface area (Å²) in [6, 6.07) is 7.55. The van der Waals surface area contributed by atoms with E-state index in [0.29, 0.717) is 5.75 Å². The number of aromatic nitrogens is 2. The van der Waals surface area contributed by atoms with Gasteiger partial charge in [0.05, 0.1) is 0 Å². The Balaban J connectivity index is 2.31. The molecule has 0 aliphatic rings. The third-order valence-electron chi connectivity index (χ3n) is 2.10. The maximum Gasteiger partial charge on any atom is 0.323 e. The zero-order valence-corrected chi connectivity index (χ0v) is 9.01. The van der Waals surface area contributed by atoms with Crippen molar-refractivity contribution < 1.29 is 9.13 Å². The van der Waals surface area contributed by atoms with Crippen LogP contribution in [0.3, 0.4) is 0 Å². The normalized spacial score (nSPS) is 9.71. The zero-order valence-electron chi connectivity index (χ0n) is 9.01. The van der Waals surface area contributed by atoms with Gasteiger partial charge >= 0.3 is 6.01 Å². The van der Waals surface area contributed by atoms with Crippen LogP contribution >= 0.6 is 0 Å². The number of halogens is 1. The molecule has 0 aliphatic heterocycles. The molecule has 0 aliphatic carbocycles. The van der Waals surface area contributed by atoms with Crippen LogP contribution in [0.25, 0.3) is 0 Å². The lowest BCUT2D eigenvalue weighted by molar-refractivity contribution is 0.434. The van der Waals surface area contributed by atoms with Crippen molar-refractivity contribution in [3.63, 3.8) is 0 Å². The van der Waals surface area contributed by atoms with E-state index in [0.717, 1.165) is 5.56 Å². The molecule has 4 nitrogen and oxygen atoms in total. The van der Waals surface area contributed by atoms with Crippen LogP contribution < -0.4 is 4.74 Å². The molecule has 0 bridgehead atoms. The highest BCUT2D eigenvalue weighted by molar-refractivity contribution is 5.34. The van der Waals surface area contributed by atoms with Crippen LogP contribution in [0.4, 0.5) is 4.39 Å². The van der Waals surface area contributed by atoms with Gasteiger partial charge in [0.2, 0.25) is 0 Å². The lowest BCUT2D eigenvalue weighted by Crippen LogP contribution is -1.95. The van der Waals surface area contributed by atoms with Crippen LogP contribution in [0.1, 0.15) is 11.3 Å². The molecule has 0 radical (unpaired) electrons. The van der Waals surface area contributed by atoms with E-state index in [9.17, 15) is 4.39 Å². The van der Waals surface area contributed by atoms with Crippen LogP contribution in [0, 0.1) is 24.1 Å². The molecule has 0 amide bonds. The number of rotatable bonds is 2. The Labute approximate surface area is 97.3 Å². The first-order chi connectivity index (χ1) is 8.19. The molecule has 0 atom stereocenters. The lowest BCUT2D eigenvalue weighted by atomic mass is 10.2. The summed E-state index contributed by atoms with van der Waals surface area (Å²) >= 11 is 0. The van der Waals surface area contributed by atoms with Crippen molar-refractivity contribution in [3.8, 4) is 17.8 Å². The van der Waals surface area contributed by atoms with Gasteiger partial charge in [0.1, 0.15) is 23.3 Å². The third-order valence-corrected chi connectivity index (χ3v) is 2.10. The summed E-state index contributed by atoms with van der Waals surface area (Å²) in [7, 11) is 0. The molecular weight excluding hydrogens is 221 g/mol. The first-order valence-corrected chi connectivity index (χ1v) is 4.86. The summed E-state index contributed by atoms with van der Waals surface area (Å²) in [6.07, 6.45) is 1.41. The summed E-state index contributed by atoms with van der Waals surface area (Å²) < 4.78 is 18.3. The van der Waals surface area contributed by atoms with E-state index < -0.39 is 5.82 Å². The van der Waals surface area contributed by atoms with Gasteiger partial charge in [0, 0.05) is 12.3 Å². The Morgan fingerprint density at radius 3 is 2.94 bits per heavy atom. The van der Waals surface area contributed by atoms with Crippen molar-refractivity contribution in [2.45, 2.75) is 6.92 Å². The van der Waals surface area contributed by atoms with Crippen LogP contribution in [-0.2, 0) is 0 Å². The van der Waals surface area contributed by atoms with Crippen molar-refractivity contribution >= 4 is 0 Å². The fourth-order valence-corrected chi connectivity index (χ4v) is 1.23. The fraction of sp³-hybridized carbons (Fsp3) is 0.0833. The maximum atomic E-state index is 13.0. The Morgan fingerprint density at radius 2 is 2.18 bits per heavy atom. The Bertz CT molecular complexity index is 593. The minimum atomic E-state index is -0.401. The van der Waals surface area contributed by atoms with Gasteiger partial charge in [0.15, 0.2) is 0 Å². The average molecular weight is 229 g/mol. The van der Waals surface area contributed by atoms with E-state index in [2.05, 4.69) is 9.97 Å². The molecule has 1 heterocycles. The maximum absolute atomic E-state index is 13.0. The number of hydrogen-bond acceptors (Lipinski definition) is 4. The molecule has 0 spiro atoms. The van der Waals surface area contributed by atoms with Gasteiger partial charge in [-0.15, -0.1) is 0 Å². The van der Waals surface area contributed by atoms with Crippen molar-refractivity contribution in [1.29, 1.82) is 5.26 Å². The molecule has 0 saturated carbocycles. The van der Waals surface area contributed by atoms with Crippen molar-refractivity contribution in [2.24, 2.45) is 0 Å². The topological polar surface area (TPSA) is 58.8 Å². The molecule has 2 rings (SSSR count). The second kappa shape index (κ2) is 4.58. The summed E-state index contributed by atoms with van der Waals surface area (Å²) in [5, 5.41) is 8.67. The van der Waals surface area contributed by atoms with Gasteiger partial charge < -0.3 is 4.74 Å². The van der Waals surface area contributed by atoms with E-state index in [1.165, 1.54) is 24.4 Å². The van der Waals surface area contributed by atoms with Gasteiger partial charge in [-0.3, -0.25) is 0 Å². The Hall–Kier alpha value is -2.48. The van der Waals surface area contributed by atoms with E-state index in [1.54, 1.807) is 13.0 Å². The molecule has 17 heavy (non-hydrogen) atoms. The molecule has 84 valence electrons. The standard InChI is InChI=1S/C12H8FN3O/c1-8-2-3-9(13)6-11(8)17-12-15-5-4-10(7-14)16-12/h2-6H,1H3. The molecule has 0 saturated heterocycles. The first-order valence-electron chi connectivity index (χ1n) is 4.86. The van der Waals surface area contributed by atoms with Gasteiger partial charge in [-0.05, 0) is 24.6 Å². The zero-order chi connectivity index (χ0) is 12.3. The predicted octanol–water partition coefficient (Wildman–Crippen LogP) is 2.59. The summed E-state index contributed by atoms with van der Waals surface area (Å²) in [5.41, 5.74) is 0.960. The molecule has 0 unspecified atom stereocenters. The predicted molar refractivity (Wildman–Crippen MR) is 58.0 cm³/mol. The quantitative estimate of drug-likeness (QED) is 0.794. The highest BCUT2D eigenvalue weighted by Gasteiger charge is 2.06. The van der Waals surface area contributed by atoms with Gasteiger partial charge in [-0.1, -0.05) is 6.07 Å². The van der Waals surface area contributed by atoms with Crippen LogP contribution in [0.5, 0.6) is 11.8 Å². The van der Waals surface area contributed by atoms with E-state index >= 15 is 0 Å². The van der Waals surface area contributed by atoms with Crippen LogP contribution in [-0.4, -0.2) is 9.97 Å². The third kappa shape index (κ3) is 2.55. The second-order valence-corrected chi connectivity index (χ2v) is 3.35. The van der Waals surface area contributed by atoms with Crippen molar-refractivity contribution in [2.75, 3.05) is 0 Å². The SMILES string of the molecule is Cc1ccc(F)cc1Oc1nccc(C#N)n1. The number of aryl methyl sites for hydroxylation is 1. The number of nitrogens with zero attached hydrogens (tertiary/aromatic N) is 3. The molecular formula is C12H8FN3O. The highest BCUT2D eigenvalue weighted by atomic mass is 19.1. The molecule has 0 fully saturated rings. The van der Waals surface area contributed by atoms with E-state index in [4.69, 9.17) is 10.00 Å². The molecule has 2 aromatic rings. The lowest BCUT2D eigenvalue weighted by Gasteiger charge is -2.06. The molecule has 5 heteroatoms. The number of ether oxygens (including phenoxy) is 1. The number of nitriles is 1. The molecule has 1 aromatic heterocycles. The van der Waals surface area contributed by atoms with Gasteiger partial charge in [-0.25, -0.2) is 9.37 Å². The van der Waals surface area contributed by atoms with Gasteiger partial charge in [-0.2, -0.15) is 10.2 Å². The summed E-state index contributed by atoms with van der Waals surface area (Å²) in [4.78, 5) is 7.69. The summed E-state index contributed by atoms with van der Waals surface area (Å²) in [6.45, 7) is 1.78. The number of hydrogen-bond donors (Lipinski definition) is 0. The monoisotopic (exact) mass is 229 g/mol. The molecule has 1 aromatic carbocycles. The van der Waals surface area contributed by atoms with Crippen LogP contribution in [0.2, 0.25) is 0 Å². The summed E-state index contributed by atoms with van der Waals surface area (Å²) in [5.74, 6) is -0.0675. The van der Waals surface area contributed by atoms with Crippen molar-refractivity contribution in [1.82, 2.24) is 9.97 Å². The van der Waals surface area contributed by atoms with Gasteiger partial charge in [0.25, 0.3) is 0 Å². The second-order valence-electron chi connectivity index (χ2n) is 3.35. The van der Waals surface area contributed by atoms with Crippen LogP contribution in [0.15, 0.2) is 30.5 Å². The van der Waals surface area contributed by atoms with E-state index in [1.807, 2.05) is 6.07 Å². The van der Waals surface area contributed by atoms with E-state index in [-0.39, 0.29) is 11.7 Å². The Kier molecular flexibility index (Phi) is 2.97. The minimum absolute atomic E-state index is 0.0257. The first kappa shape index (κ1) is 11.0. The largest absolute Gasteiger partial charge is 0.424 e. The highest BCUT2D eigenvalue weighted by Crippen LogP contribution is 2.23.